The molecule has 0 bridgehead atoms. The minimum absolute atomic E-state index is 0.0182. The number of benzene rings is 1. The number of ether oxygens (including phenoxy) is 1. The van der Waals surface area contributed by atoms with Crippen LogP contribution in [0.15, 0.2) is 30.6 Å². The Morgan fingerprint density at radius 3 is 2.77 bits per heavy atom. The second kappa shape index (κ2) is 6.75. The molecule has 26 heavy (non-hydrogen) atoms. The summed E-state index contributed by atoms with van der Waals surface area (Å²) in [4.78, 5) is 12.5. The van der Waals surface area contributed by atoms with Gasteiger partial charge in [0.25, 0.3) is 0 Å². The molecule has 1 atom stereocenters. The Hall–Kier alpha value is -2.94. The summed E-state index contributed by atoms with van der Waals surface area (Å²) in [7, 11) is 0. The Balaban J connectivity index is 1.69. The van der Waals surface area contributed by atoms with Crippen molar-refractivity contribution in [3.63, 3.8) is 0 Å². The fourth-order valence-corrected chi connectivity index (χ4v) is 2.73. The van der Waals surface area contributed by atoms with Crippen LogP contribution >= 0.6 is 0 Å². The van der Waals surface area contributed by atoms with Gasteiger partial charge < -0.3 is 15.4 Å². The van der Waals surface area contributed by atoms with Crippen LogP contribution in [0.3, 0.4) is 0 Å². The molecule has 0 aliphatic carbocycles. The highest BCUT2D eigenvalue weighted by Gasteiger charge is 2.18. The molecule has 0 saturated carbocycles. The van der Waals surface area contributed by atoms with Crippen molar-refractivity contribution >= 4 is 22.5 Å². The number of hydrogen-bond acceptors (Lipinski definition) is 6. The summed E-state index contributed by atoms with van der Waals surface area (Å²) in [6.07, 6.45) is 2.16. The summed E-state index contributed by atoms with van der Waals surface area (Å²) in [5.74, 6) is -3.61. The third kappa shape index (κ3) is 3.13. The van der Waals surface area contributed by atoms with Gasteiger partial charge in [-0.25, -0.2) is 28.1 Å². The molecule has 3 heterocycles. The Bertz CT molecular complexity index is 963. The lowest BCUT2D eigenvalue weighted by Gasteiger charge is -2.13. The number of nitrogens with one attached hydrogen (secondary N) is 2. The van der Waals surface area contributed by atoms with E-state index in [-0.39, 0.29) is 17.6 Å². The zero-order chi connectivity index (χ0) is 18.1. The molecule has 6 nitrogen and oxygen atoms in total. The zero-order valence-corrected chi connectivity index (χ0v) is 13.5. The first-order valence-electron chi connectivity index (χ1n) is 8.01. The van der Waals surface area contributed by atoms with Gasteiger partial charge in [-0.1, -0.05) is 0 Å². The molecule has 0 unspecified atom stereocenters. The SMILES string of the molecule is Fc1ccc(Nc2ncnc3ccc(O[C@H]4CCNC4)nc23)c(F)c1F. The molecule has 2 N–H and O–H groups in total. The number of fused-ring (bicyclic) bond motifs is 1. The first-order chi connectivity index (χ1) is 12.6. The van der Waals surface area contributed by atoms with Crippen LogP contribution in [-0.4, -0.2) is 34.1 Å². The van der Waals surface area contributed by atoms with Gasteiger partial charge in [-0.05, 0) is 31.2 Å². The van der Waals surface area contributed by atoms with Crippen molar-refractivity contribution in [2.24, 2.45) is 0 Å². The number of pyridine rings is 1. The fraction of sp³-hybridized carbons (Fsp3) is 0.235. The van der Waals surface area contributed by atoms with Crippen LogP contribution in [0.2, 0.25) is 0 Å². The van der Waals surface area contributed by atoms with E-state index in [1.165, 1.54) is 6.33 Å². The van der Waals surface area contributed by atoms with Gasteiger partial charge >= 0.3 is 0 Å². The van der Waals surface area contributed by atoms with Gasteiger partial charge in [-0.3, -0.25) is 0 Å². The topological polar surface area (TPSA) is 72.0 Å². The van der Waals surface area contributed by atoms with Crippen molar-refractivity contribution in [1.82, 2.24) is 20.3 Å². The van der Waals surface area contributed by atoms with Gasteiger partial charge in [-0.2, -0.15) is 0 Å². The van der Waals surface area contributed by atoms with Crippen LogP contribution in [0.5, 0.6) is 5.88 Å². The van der Waals surface area contributed by atoms with Gasteiger partial charge in [0.05, 0.1) is 11.2 Å². The van der Waals surface area contributed by atoms with Crippen LogP contribution in [-0.2, 0) is 0 Å². The maximum Gasteiger partial charge on any atom is 0.214 e. The highest BCUT2D eigenvalue weighted by Crippen LogP contribution is 2.27. The Labute approximate surface area is 146 Å². The number of rotatable bonds is 4. The van der Waals surface area contributed by atoms with Crippen LogP contribution < -0.4 is 15.4 Å². The van der Waals surface area contributed by atoms with Crippen molar-refractivity contribution < 1.29 is 17.9 Å². The molecule has 0 amide bonds. The molecule has 9 heteroatoms. The number of anilines is 2. The number of halogens is 3. The molecule has 0 spiro atoms. The van der Waals surface area contributed by atoms with E-state index in [0.29, 0.717) is 16.9 Å². The predicted molar refractivity (Wildman–Crippen MR) is 88.8 cm³/mol. The molecule has 1 saturated heterocycles. The summed E-state index contributed by atoms with van der Waals surface area (Å²) in [6.45, 7) is 1.61. The van der Waals surface area contributed by atoms with Gasteiger partial charge in [0.2, 0.25) is 5.88 Å². The van der Waals surface area contributed by atoms with Crippen LogP contribution in [0.1, 0.15) is 6.42 Å². The molecule has 1 fully saturated rings. The van der Waals surface area contributed by atoms with Crippen LogP contribution in [0.4, 0.5) is 24.7 Å². The molecule has 134 valence electrons. The van der Waals surface area contributed by atoms with Crippen molar-refractivity contribution in [1.29, 1.82) is 0 Å². The molecule has 3 aromatic rings. The maximum absolute atomic E-state index is 13.9. The molecule has 4 rings (SSSR count). The summed E-state index contributed by atoms with van der Waals surface area (Å²) in [5.41, 5.74) is 0.583. The maximum atomic E-state index is 13.9. The third-order valence-electron chi connectivity index (χ3n) is 4.05. The molecular weight excluding hydrogens is 347 g/mol. The van der Waals surface area contributed by atoms with E-state index in [1.54, 1.807) is 12.1 Å². The van der Waals surface area contributed by atoms with E-state index in [9.17, 15) is 13.2 Å². The van der Waals surface area contributed by atoms with E-state index < -0.39 is 17.5 Å². The Morgan fingerprint density at radius 1 is 1.08 bits per heavy atom. The minimum Gasteiger partial charge on any atom is -0.473 e. The van der Waals surface area contributed by atoms with Gasteiger partial charge in [0, 0.05) is 12.6 Å². The monoisotopic (exact) mass is 361 g/mol. The van der Waals surface area contributed by atoms with Crippen molar-refractivity contribution in [2.75, 3.05) is 18.4 Å². The van der Waals surface area contributed by atoms with Crippen LogP contribution in [0, 0.1) is 17.5 Å². The van der Waals surface area contributed by atoms with E-state index in [4.69, 9.17) is 4.74 Å². The summed E-state index contributed by atoms with van der Waals surface area (Å²) in [6, 6.07) is 5.31. The second-order valence-corrected chi connectivity index (χ2v) is 5.82. The first-order valence-corrected chi connectivity index (χ1v) is 8.01. The smallest absolute Gasteiger partial charge is 0.214 e. The summed E-state index contributed by atoms with van der Waals surface area (Å²) < 4.78 is 46.3. The average molecular weight is 361 g/mol. The van der Waals surface area contributed by atoms with Gasteiger partial charge in [-0.15, -0.1) is 0 Å². The third-order valence-corrected chi connectivity index (χ3v) is 4.05. The molecular formula is C17H14F3N5O. The lowest BCUT2D eigenvalue weighted by atomic mass is 10.2. The van der Waals surface area contributed by atoms with E-state index >= 15 is 0 Å². The van der Waals surface area contributed by atoms with Gasteiger partial charge in [0.1, 0.15) is 17.9 Å². The van der Waals surface area contributed by atoms with Crippen LogP contribution in [0.25, 0.3) is 11.0 Å². The standard InChI is InChI=1S/C17H14F3N5O/c18-10-1-2-11(15(20)14(10)19)24-17-16-12(22-8-23-17)3-4-13(25-16)26-9-5-6-21-7-9/h1-4,8-9,21H,5-7H2,(H,22,23,24)/t9-/m0/s1. The first kappa shape index (κ1) is 16.5. The lowest BCUT2D eigenvalue weighted by Crippen LogP contribution is -2.20. The van der Waals surface area contributed by atoms with E-state index in [2.05, 4.69) is 25.6 Å². The normalized spacial score (nSPS) is 16.8. The Morgan fingerprint density at radius 2 is 1.96 bits per heavy atom. The summed E-state index contributed by atoms with van der Waals surface area (Å²) in [5, 5.41) is 5.83. The molecule has 0 radical (unpaired) electrons. The summed E-state index contributed by atoms with van der Waals surface area (Å²) >= 11 is 0. The number of nitrogens with zero attached hydrogens (tertiary/aromatic N) is 3. The highest BCUT2D eigenvalue weighted by molar-refractivity contribution is 5.87. The minimum atomic E-state index is -1.56. The van der Waals surface area contributed by atoms with Crippen molar-refractivity contribution in [2.45, 2.75) is 12.5 Å². The Kier molecular flexibility index (Phi) is 4.29. The molecule has 1 aliphatic heterocycles. The highest BCUT2D eigenvalue weighted by atomic mass is 19.2. The van der Waals surface area contributed by atoms with Crippen molar-refractivity contribution in [3.8, 4) is 5.88 Å². The lowest BCUT2D eigenvalue weighted by molar-refractivity contribution is 0.215. The largest absolute Gasteiger partial charge is 0.473 e. The van der Waals surface area contributed by atoms with Crippen molar-refractivity contribution in [3.05, 3.63) is 48.0 Å². The predicted octanol–water partition coefficient (Wildman–Crippen LogP) is 2.93. The van der Waals surface area contributed by atoms with E-state index in [1.807, 2.05) is 0 Å². The molecule has 1 aliphatic rings. The molecule has 1 aromatic carbocycles. The molecule has 2 aromatic heterocycles. The fourth-order valence-electron chi connectivity index (χ4n) is 2.73. The second-order valence-electron chi connectivity index (χ2n) is 5.82. The number of hydrogen-bond donors (Lipinski definition) is 2. The quantitative estimate of drug-likeness (QED) is 0.697. The zero-order valence-electron chi connectivity index (χ0n) is 13.5. The van der Waals surface area contributed by atoms with Gasteiger partial charge in [0.15, 0.2) is 23.3 Å². The average Bonchev–Trinajstić information content (AvgIpc) is 3.15. The van der Waals surface area contributed by atoms with E-state index in [0.717, 1.165) is 31.6 Å². The number of aromatic nitrogens is 3.